The summed E-state index contributed by atoms with van der Waals surface area (Å²) in [6.07, 6.45) is 8.04. The molecule has 2 heterocycles. The quantitative estimate of drug-likeness (QED) is 0.684. The highest BCUT2D eigenvalue weighted by Crippen LogP contribution is 2.31. The molecule has 1 saturated carbocycles. The fourth-order valence-corrected chi connectivity index (χ4v) is 4.64. The molecule has 0 radical (unpaired) electrons. The Bertz CT molecular complexity index is 1030. The molecule has 8 nitrogen and oxygen atoms in total. The normalized spacial score (nSPS) is 18.9. The first-order valence-corrected chi connectivity index (χ1v) is 11.4. The van der Waals surface area contributed by atoms with Crippen molar-refractivity contribution in [3.05, 3.63) is 54.4 Å². The van der Waals surface area contributed by atoms with Gasteiger partial charge in [-0.15, -0.1) is 0 Å². The summed E-state index contributed by atoms with van der Waals surface area (Å²) in [6, 6.07) is 9.35. The lowest BCUT2D eigenvalue weighted by atomic mass is 9.87. The molecule has 1 saturated heterocycles. The second kappa shape index (κ2) is 9.94. The van der Waals surface area contributed by atoms with Crippen LogP contribution in [0, 0.1) is 5.92 Å². The number of carbonyl (C=O) groups is 4. The van der Waals surface area contributed by atoms with Gasteiger partial charge < -0.3 is 10.2 Å². The van der Waals surface area contributed by atoms with Crippen molar-refractivity contribution in [2.75, 3.05) is 10.2 Å². The second-order valence-corrected chi connectivity index (χ2v) is 8.68. The van der Waals surface area contributed by atoms with E-state index in [9.17, 15) is 19.2 Å². The van der Waals surface area contributed by atoms with Gasteiger partial charge in [-0.05, 0) is 48.7 Å². The summed E-state index contributed by atoms with van der Waals surface area (Å²) >= 11 is 0. The molecule has 2 aromatic rings. The van der Waals surface area contributed by atoms with E-state index >= 15 is 0 Å². The predicted octanol–water partition coefficient (Wildman–Crippen LogP) is 3.28. The number of pyridine rings is 1. The molecule has 1 aromatic heterocycles. The Labute approximate surface area is 193 Å². The summed E-state index contributed by atoms with van der Waals surface area (Å²) in [5.74, 6) is -1.13. The zero-order chi connectivity index (χ0) is 23.4. The molecule has 1 aliphatic carbocycles. The summed E-state index contributed by atoms with van der Waals surface area (Å²) in [4.78, 5) is 57.9. The van der Waals surface area contributed by atoms with Crippen molar-refractivity contribution in [1.82, 2.24) is 9.88 Å². The van der Waals surface area contributed by atoms with Gasteiger partial charge >= 0.3 is 0 Å². The average Bonchev–Trinajstić information content (AvgIpc) is 3.12. The van der Waals surface area contributed by atoms with Crippen molar-refractivity contribution < 1.29 is 19.2 Å². The summed E-state index contributed by atoms with van der Waals surface area (Å²) in [5.41, 5.74) is 1.82. The fourth-order valence-electron chi connectivity index (χ4n) is 4.64. The molecule has 33 heavy (non-hydrogen) atoms. The second-order valence-electron chi connectivity index (χ2n) is 8.68. The standard InChI is InChI=1S/C25H28N4O4/c1-17(30)27-20-9-11-21(12-10-20)29-23(31)14-22(25(29)33)28(16-18-6-5-13-26-15-18)24(32)19-7-3-2-4-8-19/h5-6,9-13,15,19,22H,2-4,7-8,14,16H2,1H3,(H,27,30). The van der Waals surface area contributed by atoms with Crippen molar-refractivity contribution in [2.24, 2.45) is 5.92 Å². The van der Waals surface area contributed by atoms with Crippen LogP contribution < -0.4 is 10.2 Å². The molecule has 4 rings (SSSR count). The Morgan fingerprint density at radius 2 is 1.82 bits per heavy atom. The summed E-state index contributed by atoms with van der Waals surface area (Å²) in [5, 5.41) is 2.66. The van der Waals surface area contributed by atoms with Crippen LogP contribution in [0.15, 0.2) is 48.8 Å². The van der Waals surface area contributed by atoms with Crippen LogP contribution in [0.2, 0.25) is 0 Å². The molecule has 172 valence electrons. The van der Waals surface area contributed by atoms with Gasteiger partial charge in [0, 0.05) is 37.5 Å². The van der Waals surface area contributed by atoms with Gasteiger partial charge in [0.1, 0.15) is 6.04 Å². The maximum atomic E-state index is 13.5. The Morgan fingerprint density at radius 3 is 2.45 bits per heavy atom. The lowest BCUT2D eigenvalue weighted by Gasteiger charge is -2.32. The number of nitrogens with one attached hydrogen (secondary N) is 1. The molecule has 2 aliphatic rings. The van der Waals surface area contributed by atoms with E-state index in [-0.39, 0.29) is 36.6 Å². The minimum atomic E-state index is -0.845. The summed E-state index contributed by atoms with van der Waals surface area (Å²) < 4.78 is 0. The number of carbonyl (C=O) groups excluding carboxylic acids is 4. The van der Waals surface area contributed by atoms with Crippen molar-refractivity contribution in [1.29, 1.82) is 0 Å². The maximum absolute atomic E-state index is 13.5. The van der Waals surface area contributed by atoms with Crippen LogP contribution in [0.3, 0.4) is 0 Å². The van der Waals surface area contributed by atoms with E-state index in [1.807, 2.05) is 6.07 Å². The number of hydrogen-bond donors (Lipinski definition) is 1. The minimum absolute atomic E-state index is 0.0506. The van der Waals surface area contributed by atoms with Crippen LogP contribution >= 0.6 is 0 Å². The fraction of sp³-hybridized carbons (Fsp3) is 0.400. The van der Waals surface area contributed by atoms with E-state index in [1.54, 1.807) is 47.6 Å². The SMILES string of the molecule is CC(=O)Nc1ccc(N2C(=O)CC(N(Cc3cccnc3)C(=O)C3CCCCC3)C2=O)cc1. The van der Waals surface area contributed by atoms with Gasteiger partial charge in [0.15, 0.2) is 0 Å². The maximum Gasteiger partial charge on any atom is 0.257 e. The lowest BCUT2D eigenvalue weighted by molar-refractivity contribution is -0.143. The monoisotopic (exact) mass is 448 g/mol. The molecule has 1 atom stereocenters. The number of rotatable bonds is 6. The first-order valence-electron chi connectivity index (χ1n) is 11.4. The molecule has 0 spiro atoms. The third kappa shape index (κ3) is 5.10. The van der Waals surface area contributed by atoms with Gasteiger partial charge in [-0.1, -0.05) is 25.3 Å². The third-order valence-corrected chi connectivity index (χ3v) is 6.26. The molecule has 0 bridgehead atoms. The van der Waals surface area contributed by atoms with Gasteiger partial charge in [-0.3, -0.25) is 24.2 Å². The van der Waals surface area contributed by atoms with E-state index in [0.29, 0.717) is 11.4 Å². The highest BCUT2D eigenvalue weighted by Gasteiger charge is 2.45. The van der Waals surface area contributed by atoms with E-state index in [1.165, 1.54) is 6.92 Å². The van der Waals surface area contributed by atoms with Crippen molar-refractivity contribution in [3.8, 4) is 0 Å². The van der Waals surface area contributed by atoms with Crippen molar-refractivity contribution in [3.63, 3.8) is 0 Å². The van der Waals surface area contributed by atoms with Gasteiger partial charge in [0.05, 0.1) is 12.1 Å². The largest absolute Gasteiger partial charge is 0.326 e. The van der Waals surface area contributed by atoms with E-state index in [2.05, 4.69) is 10.3 Å². The Balaban J connectivity index is 1.58. The molecular formula is C25H28N4O4. The van der Waals surface area contributed by atoms with E-state index < -0.39 is 11.9 Å². The first kappa shape index (κ1) is 22.6. The van der Waals surface area contributed by atoms with Crippen LogP contribution in [-0.2, 0) is 25.7 Å². The number of amides is 4. The van der Waals surface area contributed by atoms with Crippen LogP contribution in [-0.4, -0.2) is 39.6 Å². The van der Waals surface area contributed by atoms with Gasteiger partial charge in [-0.2, -0.15) is 0 Å². The van der Waals surface area contributed by atoms with Gasteiger partial charge in [0.2, 0.25) is 17.7 Å². The molecule has 1 N–H and O–H groups in total. The molecule has 1 unspecified atom stereocenters. The number of benzene rings is 1. The molecule has 4 amide bonds. The Kier molecular flexibility index (Phi) is 6.82. The van der Waals surface area contributed by atoms with Gasteiger partial charge in [-0.25, -0.2) is 4.90 Å². The molecular weight excluding hydrogens is 420 g/mol. The van der Waals surface area contributed by atoms with Crippen LogP contribution in [0.1, 0.15) is 51.0 Å². The van der Waals surface area contributed by atoms with Crippen molar-refractivity contribution in [2.45, 2.75) is 58.0 Å². The number of anilines is 2. The number of hydrogen-bond acceptors (Lipinski definition) is 5. The molecule has 1 aliphatic heterocycles. The average molecular weight is 449 g/mol. The molecule has 8 heteroatoms. The topological polar surface area (TPSA) is 99.7 Å². The lowest BCUT2D eigenvalue weighted by Crippen LogP contribution is -2.47. The summed E-state index contributed by atoms with van der Waals surface area (Å²) in [7, 11) is 0. The number of aromatic nitrogens is 1. The summed E-state index contributed by atoms with van der Waals surface area (Å²) in [6.45, 7) is 1.65. The van der Waals surface area contributed by atoms with E-state index in [4.69, 9.17) is 0 Å². The van der Waals surface area contributed by atoms with E-state index in [0.717, 1.165) is 42.6 Å². The highest BCUT2D eigenvalue weighted by atomic mass is 16.2. The zero-order valence-electron chi connectivity index (χ0n) is 18.7. The Morgan fingerprint density at radius 1 is 1.09 bits per heavy atom. The number of nitrogens with zero attached hydrogens (tertiary/aromatic N) is 3. The minimum Gasteiger partial charge on any atom is -0.326 e. The predicted molar refractivity (Wildman–Crippen MR) is 123 cm³/mol. The first-order chi connectivity index (χ1) is 15.9. The van der Waals surface area contributed by atoms with Crippen LogP contribution in [0.4, 0.5) is 11.4 Å². The molecule has 1 aromatic carbocycles. The molecule has 2 fully saturated rings. The van der Waals surface area contributed by atoms with Gasteiger partial charge in [0.25, 0.3) is 5.91 Å². The highest BCUT2D eigenvalue weighted by molar-refractivity contribution is 6.23. The number of imide groups is 1. The van der Waals surface area contributed by atoms with Crippen LogP contribution in [0.5, 0.6) is 0 Å². The smallest absolute Gasteiger partial charge is 0.257 e. The van der Waals surface area contributed by atoms with Crippen LogP contribution in [0.25, 0.3) is 0 Å². The third-order valence-electron chi connectivity index (χ3n) is 6.26. The zero-order valence-corrected chi connectivity index (χ0v) is 18.7. The van der Waals surface area contributed by atoms with Crippen molar-refractivity contribution >= 4 is 35.0 Å². The Hall–Kier alpha value is -3.55.